The third-order valence-corrected chi connectivity index (χ3v) is 9.85. The fraction of sp³-hybridized carbons (Fsp3) is 0.130. The van der Waals surface area contributed by atoms with Crippen LogP contribution in [0.4, 0.5) is 0 Å². The maximum atomic E-state index is 11.0. The monoisotopic (exact) mass is 699 g/mol. The second-order valence-corrected chi connectivity index (χ2v) is 13.3. The number of hydrogen-bond donors (Lipinski definition) is 4. The van der Waals surface area contributed by atoms with Crippen LogP contribution in [0.15, 0.2) is 138 Å². The number of phenolic OH excluding ortho intramolecular Hbond substituents is 4. The molecule has 7 rings (SSSR count). The summed E-state index contributed by atoms with van der Waals surface area (Å²) in [4.78, 5) is 12.4. The zero-order valence-corrected chi connectivity index (χ0v) is 30.0. The summed E-state index contributed by atoms with van der Waals surface area (Å²) < 4.78 is 0. The number of phenols is 4. The lowest BCUT2D eigenvalue weighted by Crippen LogP contribution is -2.35. The molecule has 53 heavy (non-hydrogen) atoms. The minimum atomic E-state index is -0.641. The average molecular weight is 700 g/mol. The predicted molar refractivity (Wildman–Crippen MR) is 215 cm³/mol. The molecular weight excluding hydrogens is 659 g/mol. The van der Waals surface area contributed by atoms with E-state index in [-0.39, 0.29) is 23.0 Å². The van der Waals surface area contributed by atoms with Gasteiger partial charge in [-0.3, -0.25) is 0 Å². The van der Waals surface area contributed by atoms with E-state index in [1.807, 2.05) is 68.6 Å². The molecule has 0 amide bonds. The molecule has 1 heterocycles. The Hall–Kier alpha value is -6.60. The van der Waals surface area contributed by atoms with Crippen LogP contribution in [0.3, 0.4) is 0 Å². The zero-order valence-electron chi connectivity index (χ0n) is 30.0. The Morgan fingerprint density at radius 2 is 1.30 bits per heavy atom. The molecule has 1 aliphatic rings. The van der Waals surface area contributed by atoms with Gasteiger partial charge in [0.15, 0.2) is 17.3 Å². The molecule has 0 bridgehead atoms. The normalized spacial score (nSPS) is 14.1. The topological polar surface area (TPSA) is 109 Å². The fourth-order valence-electron chi connectivity index (χ4n) is 6.99. The van der Waals surface area contributed by atoms with Crippen molar-refractivity contribution in [2.24, 2.45) is 9.98 Å². The maximum Gasteiger partial charge on any atom is 0.201 e. The van der Waals surface area contributed by atoms with Crippen molar-refractivity contribution in [2.75, 3.05) is 7.05 Å². The van der Waals surface area contributed by atoms with E-state index < -0.39 is 17.2 Å². The molecule has 0 saturated heterocycles. The Labute approximate surface area is 309 Å². The lowest BCUT2D eigenvalue weighted by molar-refractivity contribution is 0.358. The van der Waals surface area contributed by atoms with E-state index in [4.69, 9.17) is 9.98 Å². The van der Waals surface area contributed by atoms with Gasteiger partial charge in [-0.25, -0.2) is 9.98 Å². The van der Waals surface area contributed by atoms with Gasteiger partial charge in [-0.2, -0.15) is 0 Å². The molecule has 1 aliphatic heterocycles. The Bertz CT molecular complexity index is 2380. The summed E-state index contributed by atoms with van der Waals surface area (Å²) in [5.74, 6) is -0.435. The quantitative estimate of drug-likeness (QED) is 0.0887. The number of benzene rings is 6. The van der Waals surface area contributed by atoms with E-state index >= 15 is 0 Å². The molecule has 0 saturated carbocycles. The molecule has 1 unspecified atom stereocenters. The summed E-state index contributed by atoms with van der Waals surface area (Å²) in [6.07, 6.45) is 2.59. The van der Waals surface area contributed by atoms with Gasteiger partial charge in [-0.1, -0.05) is 135 Å². The van der Waals surface area contributed by atoms with E-state index in [0.29, 0.717) is 24.2 Å². The van der Waals surface area contributed by atoms with Crippen molar-refractivity contribution in [3.8, 4) is 56.4 Å². The van der Waals surface area contributed by atoms with E-state index in [1.54, 1.807) is 12.1 Å². The molecule has 0 aliphatic carbocycles. The molecule has 7 heteroatoms. The van der Waals surface area contributed by atoms with Gasteiger partial charge < -0.3 is 25.3 Å². The Morgan fingerprint density at radius 3 is 1.98 bits per heavy atom. The smallest absolute Gasteiger partial charge is 0.201 e. The SMILES string of the molecule is C=Cc1cc(-c2ccc(-c3c(O)c(O)c(O)c(CCC)c3O)cc2)ccc1-c1cc(C2=NC(c3ccccc3)N(C)C(c3ccccc3)=N2)ccc1C. The van der Waals surface area contributed by atoms with Crippen LogP contribution in [-0.4, -0.2) is 44.0 Å². The standard InChI is InChI=1S/C46H41N3O4/c1-5-13-37-40(50)39(42(52)43(53)41(37)51)31-22-20-30(21-23-31)34-24-25-36(29(6-2)26-34)38-27-35(19-18-28(38)3)44-47-45(32-14-9-7-10-15-32)49(4)46(48-44)33-16-11-8-12-17-33/h6-12,14-27,45,50-53H,2,5,13H2,1,3-4H3. The molecule has 264 valence electrons. The first-order valence-electron chi connectivity index (χ1n) is 17.7. The Morgan fingerprint density at radius 1 is 0.660 bits per heavy atom. The lowest BCUT2D eigenvalue weighted by atomic mass is 9.90. The van der Waals surface area contributed by atoms with Gasteiger partial charge in [0.1, 0.15) is 17.8 Å². The molecule has 0 spiro atoms. The second kappa shape index (κ2) is 14.6. The van der Waals surface area contributed by atoms with Gasteiger partial charge in [0, 0.05) is 23.7 Å². The molecule has 0 fully saturated rings. The highest BCUT2D eigenvalue weighted by atomic mass is 16.3. The number of nitrogens with zero attached hydrogens (tertiary/aromatic N) is 3. The van der Waals surface area contributed by atoms with E-state index in [1.165, 1.54) is 0 Å². The van der Waals surface area contributed by atoms with Crippen molar-refractivity contribution < 1.29 is 20.4 Å². The van der Waals surface area contributed by atoms with E-state index in [9.17, 15) is 20.4 Å². The highest BCUT2D eigenvalue weighted by Crippen LogP contribution is 2.51. The van der Waals surface area contributed by atoms with Gasteiger partial charge in [0.25, 0.3) is 0 Å². The largest absolute Gasteiger partial charge is 0.507 e. The van der Waals surface area contributed by atoms with Crippen LogP contribution in [0.25, 0.3) is 39.5 Å². The van der Waals surface area contributed by atoms with Crippen LogP contribution in [0.2, 0.25) is 0 Å². The Kier molecular flexibility index (Phi) is 9.57. The van der Waals surface area contributed by atoms with Gasteiger partial charge in [0.05, 0.1) is 5.56 Å². The average Bonchev–Trinajstić information content (AvgIpc) is 3.20. The second-order valence-electron chi connectivity index (χ2n) is 13.3. The van der Waals surface area contributed by atoms with E-state index in [2.05, 4.69) is 79.1 Å². The highest BCUT2D eigenvalue weighted by Gasteiger charge is 2.27. The summed E-state index contributed by atoms with van der Waals surface area (Å²) in [6.45, 7) is 8.15. The lowest BCUT2D eigenvalue weighted by Gasteiger charge is -2.32. The highest BCUT2D eigenvalue weighted by molar-refractivity contribution is 6.13. The number of rotatable bonds is 9. The summed E-state index contributed by atoms with van der Waals surface area (Å²) in [7, 11) is 2.03. The fourth-order valence-corrected chi connectivity index (χ4v) is 6.99. The van der Waals surface area contributed by atoms with Crippen LogP contribution in [0.1, 0.15) is 52.9 Å². The van der Waals surface area contributed by atoms with Crippen molar-refractivity contribution in [1.82, 2.24) is 4.90 Å². The first-order chi connectivity index (χ1) is 25.7. The third kappa shape index (κ3) is 6.53. The van der Waals surface area contributed by atoms with Crippen molar-refractivity contribution >= 4 is 17.7 Å². The minimum Gasteiger partial charge on any atom is -0.507 e. The number of aliphatic imine (C=N–C) groups is 2. The molecular formula is C46H41N3O4. The molecule has 1 atom stereocenters. The molecule has 6 aromatic carbocycles. The number of amidine groups is 2. The molecule has 6 aromatic rings. The first-order valence-corrected chi connectivity index (χ1v) is 17.7. The van der Waals surface area contributed by atoms with Crippen molar-refractivity contribution in [3.63, 3.8) is 0 Å². The minimum absolute atomic E-state index is 0.0808. The van der Waals surface area contributed by atoms with Gasteiger partial charge in [-0.15, -0.1) is 0 Å². The number of aryl methyl sites for hydroxylation is 1. The number of aromatic hydroxyl groups is 4. The van der Waals surface area contributed by atoms with Crippen LogP contribution in [-0.2, 0) is 6.42 Å². The summed E-state index contributed by atoms with van der Waals surface area (Å²) in [5.41, 5.74) is 9.82. The van der Waals surface area contributed by atoms with E-state index in [0.717, 1.165) is 55.9 Å². The molecule has 4 N–H and O–H groups in total. The molecule has 0 radical (unpaired) electrons. The predicted octanol–water partition coefficient (Wildman–Crippen LogP) is 10.3. The third-order valence-electron chi connectivity index (χ3n) is 9.85. The summed E-state index contributed by atoms with van der Waals surface area (Å²) in [6, 6.07) is 40.4. The van der Waals surface area contributed by atoms with Crippen LogP contribution in [0.5, 0.6) is 23.0 Å². The summed E-state index contributed by atoms with van der Waals surface area (Å²) in [5, 5.41) is 42.4. The van der Waals surface area contributed by atoms with Gasteiger partial charge in [-0.05, 0) is 70.0 Å². The van der Waals surface area contributed by atoms with Gasteiger partial charge in [0.2, 0.25) is 5.75 Å². The van der Waals surface area contributed by atoms with Crippen molar-refractivity contribution in [1.29, 1.82) is 0 Å². The van der Waals surface area contributed by atoms with Gasteiger partial charge >= 0.3 is 0 Å². The zero-order chi connectivity index (χ0) is 37.2. The molecule has 7 nitrogen and oxygen atoms in total. The Balaban J connectivity index is 1.25. The number of hydrogen-bond acceptors (Lipinski definition) is 7. The van der Waals surface area contributed by atoms with Crippen LogP contribution >= 0.6 is 0 Å². The van der Waals surface area contributed by atoms with Crippen molar-refractivity contribution in [3.05, 3.63) is 161 Å². The molecule has 0 aromatic heterocycles. The van der Waals surface area contributed by atoms with Crippen LogP contribution in [0, 0.1) is 6.92 Å². The van der Waals surface area contributed by atoms with Crippen LogP contribution < -0.4 is 0 Å². The first kappa shape index (κ1) is 34.8. The maximum absolute atomic E-state index is 11.0. The van der Waals surface area contributed by atoms with Crippen molar-refractivity contribution in [2.45, 2.75) is 32.9 Å². The summed E-state index contributed by atoms with van der Waals surface area (Å²) >= 11 is 0.